The van der Waals surface area contributed by atoms with E-state index < -0.39 is 17.7 Å². The summed E-state index contributed by atoms with van der Waals surface area (Å²) in [4.78, 5) is 12.6. The molecule has 0 fully saturated rings. The second kappa shape index (κ2) is 8.01. The molecule has 1 aromatic heterocycles. The third-order valence-corrected chi connectivity index (χ3v) is 5.04. The summed E-state index contributed by atoms with van der Waals surface area (Å²) in [5, 5.41) is 0.750. The van der Waals surface area contributed by atoms with Crippen LogP contribution in [-0.2, 0) is 20.4 Å². The minimum atomic E-state index is -4.38. The second-order valence-electron chi connectivity index (χ2n) is 5.43. The average molecular weight is 372 g/mol. The van der Waals surface area contributed by atoms with Crippen LogP contribution in [0.4, 0.5) is 13.2 Å². The number of halogens is 3. The molecule has 0 unspecified atom stereocenters. The van der Waals surface area contributed by atoms with Crippen LogP contribution in [0.5, 0.6) is 0 Å². The number of esters is 1. The number of methoxy groups -OCH3 is 1. The van der Waals surface area contributed by atoms with E-state index in [4.69, 9.17) is 9.47 Å². The fourth-order valence-corrected chi connectivity index (χ4v) is 3.79. The summed E-state index contributed by atoms with van der Waals surface area (Å²) in [6.45, 7) is 4.21. The van der Waals surface area contributed by atoms with Crippen LogP contribution in [0.2, 0.25) is 0 Å². The molecule has 0 radical (unpaired) electrons. The fourth-order valence-electron chi connectivity index (χ4n) is 2.50. The minimum absolute atomic E-state index is 0.257. The molecule has 0 aliphatic carbocycles. The molecule has 3 nitrogen and oxygen atoms in total. The van der Waals surface area contributed by atoms with E-state index in [1.54, 1.807) is 14.0 Å². The molecule has 0 amide bonds. The predicted octanol–water partition coefficient (Wildman–Crippen LogP) is 5.21. The zero-order chi connectivity index (χ0) is 18.6. The number of hydrogen-bond acceptors (Lipinski definition) is 4. The number of hydrogen-bond donors (Lipinski definition) is 0. The van der Waals surface area contributed by atoms with E-state index in [0.717, 1.165) is 28.0 Å². The van der Waals surface area contributed by atoms with Crippen LogP contribution in [0, 0.1) is 6.92 Å². The highest BCUT2D eigenvalue weighted by atomic mass is 32.1. The van der Waals surface area contributed by atoms with Crippen molar-refractivity contribution < 1.29 is 27.4 Å². The Morgan fingerprint density at radius 2 is 2.04 bits per heavy atom. The third-order valence-electron chi connectivity index (χ3n) is 3.71. The average Bonchev–Trinajstić information content (AvgIpc) is 2.87. The summed E-state index contributed by atoms with van der Waals surface area (Å²) >= 11 is 1.24. The van der Waals surface area contributed by atoms with Crippen molar-refractivity contribution in [2.24, 2.45) is 0 Å². The van der Waals surface area contributed by atoms with Crippen LogP contribution in [0.3, 0.4) is 0 Å². The van der Waals surface area contributed by atoms with E-state index in [0.29, 0.717) is 23.3 Å². The molecule has 0 aliphatic heterocycles. The highest BCUT2D eigenvalue weighted by Crippen LogP contribution is 2.39. The lowest BCUT2D eigenvalue weighted by Crippen LogP contribution is -2.03. The second-order valence-corrected chi connectivity index (χ2v) is 6.48. The molecule has 0 saturated heterocycles. The molecule has 0 spiro atoms. The molecule has 1 heterocycles. The molecule has 2 rings (SSSR count). The van der Waals surface area contributed by atoms with Crippen molar-refractivity contribution in [2.75, 3.05) is 20.3 Å². The summed E-state index contributed by atoms with van der Waals surface area (Å²) < 4.78 is 49.3. The van der Waals surface area contributed by atoms with Gasteiger partial charge in [-0.1, -0.05) is 6.07 Å². The van der Waals surface area contributed by atoms with E-state index in [1.807, 2.05) is 6.92 Å². The number of thiophene rings is 1. The fraction of sp³-hybridized carbons (Fsp3) is 0.389. The van der Waals surface area contributed by atoms with E-state index in [9.17, 15) is 18.0 Å². The molecule has 1 aromatic carbocycles. The summed E-state index contributed by atoms with van der Waals surface area (Å²) in [5.41, 5.74) is 0.869. The number of benzene rings is 1. The van der Waals surface area contributed by atoms with Gasteiger partial charge in [0.05, 0.1) is 18.8 Å². The smallest absolute Gasteiger partial charge is 0.416 e. The van der Waals surface area contributed by atoms with Crippen molar-refractivity contribution in [1.29, 1.82) is 0 Å². The van der Waals surface area contributed by atoms with Crippen molar-refractivity contribution >= 4 is 33.0 Å². The lowest BCUT2D eigenvalue weighted by molar-refractivity contribution is -0.138. The van der Waals surface area contributed by atoms with Crippen molar-refractivity contribution in [2.45, 2.75) is 26.4 Å². The highest BCUT2D eigenvalue weighted by Gasteiger charge is 2.31. The van der Waals surface area contributed by atoms with Gasteiger partial charge in [-0.3, -0.25) is 0 Å². The number of fused-ring (bicyclic) bond motifs is 1. The maximum absolute atomic E-state index is 12.9. The van der Waals surface area contributed by atoms with E-state index in [2.05, 4.69) is 0 Å². The van der Waals surface area contributed by atoms with Crippen molar-refractivity contribution in [1.82, 2.24) is 0 Å². The Kier molecular flexibility index (Phi) is 6.24. The van der Waals surface area contributed by atoms with Crippen LogP contribution in [0.1, 0.15) is 29.3 Å². The monoisotopic (exact) mass is 372 g/mol. The third kappa shape index (κ3) is 4.61. The minimum Gasteiger partial charge on any atom is -0.463 e. The van der Waals surface area contributed by atoms with Gasteiger partial charge in [0.2, 0.25) is 0 Å². The Morgan fingerprint density at radius 1 is 1.32 bits per heavy atom. The predicted molar refractivity (Wildman–Crippen MR) is 92.7 cm³/mol. The Balaban J connectivity index is 2.51. The zero-order valence-electron chi connectivity index (χ0n) is 14.2. The topological polar surface area (TPSA) is 35.5 Å². The zero-order valence-corrected chi connectivity index (χ0v) is 15.0. The Morgan fingerprint density at radius 3 is 2.64 bits per heavy atom. The van der Waals surface area contributed by atoms with E-state index in [-0.39, 0.29) is 6.61 Å². The molecule has 0 aliphatic rings. The first-order valence-electron chi connectivity index (χ1n) is 7.75. The summed E-state index contributed by atoms with van der Waals surface area (Å²) in [5.74, 6) is -0.471. The van der Waals surface area contributed by atoms with Crippen molar-refractivity contribution in [3.63, 3.8) is 0 Å². The summed E-state index contributed by atoms with van der Waals surface area (Å²) in [6, 6.07) is 3.70. The Labute approximate surface area is 148 Å². The van der Waals surface area contributed by atoms with Gasteiger partial charge in [-0.25, -0.2) is 4.79 Å². The van der Waals surface area contributed by atoms with Crippen LogP contribution >= 0.6 is 11.3 Å². The van der Waals surface area contributed by atoms with E-state index >= 15 is 0 Å². The SMILES string of the molecule is CCOC(=O)/C=C(/CCOC)c1sc2cc(C(F)(F)F)ccc2c1C. The van der Waals surface area contributed by atoms with E-state index in [1.165, 1.54) is 23.5 Å². The van der Waals surface area contributed by atoms with Crippen LogP contribution in [0.15, 0.2) is 24.3 Å². The number of rotatable bonds is 6. The molecule has 25 heavy (non-hydrogen) atoms. The number of carbonyl (C=O) groups is 1. The first-order valence-corrected chi connectivity index (χ1v) is 8.56. The molecule has 0 N–H and O–H groups in total. The number of aryl methyl sites for hydroxylation is 1. The molecular formula is C18H19F3O3S. The largest absolute Gasteiger partial charge is 0.463 e. The lowest BCUT2D eigenvalue weighted by atomic mass is 10.0. The van der Waals surface area contributed by atoms with Gasteiger partial charge in [-0.05, 0) is 48.9 Å². The van der Waals surface area contributed by atoms with Crippen LogP contribution in [-0.4, -0.2) is 26.3 Å². The number of carbonyl (C=O) groups excluding carboxylic acids is 1. The van der Waals surface area contributed by atoms with Crippen molar-refractivity contribution in [3.8, 4) is 0 Å². The first-order chi connectivity index (χ1) is 11.8. The number of ether oxygens (including phenoxy) is 2. The van der Waals surface area contributed by atoms with Gasteiger partial charge in [-0.15, -0.1) is 11.3 Å². The standard InChI is InChI=1S/C18H19F3O3S/c1-4-24-16(22)9-12(7-8-23-3)17-11(2)14-6-5-13(18(19,20)21)10-15(14)25-17/h5-6,9-10H,4,7-8H2,1-3H3/b12-9-. The Bertz CT molecular complexity index is 791. The number of alkyl halides is 3. The van der Waals surface area contributed by atoms with Gasteiger partial charge >= 0.3 is 12.1 Å². The van der Waals surface area contributed by atoms with Crippen LogP contribution < -0.4 is 0 Å². The van der Waals surface area contributed by atoms with Gasteiger partial charge in [0, 0.05) is 22.8 Å². The summed E-state index contributed by atoms with van der Waals surface area (Å²) in [6.07, 6.45) is -2.52. The quantitative estimate of drug-likeness (QED) is 0.516. The normalized spacial score (nSPS) is 12.6. The van der Waals surface area contributed by atoms with Gasteiger partial charge in [0.1, 0.15) is 0 Å². The molecule has 7 heteroatoms. The van der Waals surface area contributed by atoms with Gasteiger partial charge < -0.3 is 9.47 Å². The van der Waals surface area contributed by atoms with Gasteiger partial charge in [-0.2, -0.15) is 13.2 Å². The maximum Gasteiger partial charge on any atom is 0.416 e. The van der Waals surface area contributed by atoms with Crippen LogP contribution in [0.25, 0.3) is 15.7 Å². The molecule has 0 atom stereocenters. The molecule has 0 saturated carbocycles. The molecule has 2 aromatic rings. The first kappa shape index (κ1) is 19.5. The lowest BCUT2D eigenvalue weighted by Gasteiger charge is -2.07. The van der Waals surface area contributed by atoms with Gasteiger partial charge in [0.25, 0.3) is 0 Å². The highest BCUT2D eigenvalue weighted by molar-refractivity contribution is 7.20. The Hall–Kier alpha value is -1.86. The molecule has 136 valence electrons. The summed E-state index contributed by atoms with van der Waals surface area (Å²) in [7, 11) is 1.55. The molecular weight excluding hydrogens is 353 g/mol. The maximum atomic E-state index is 12.9. The molecule has 0 bridgehead atoms. The van der Waals surface area contributed by atoms with Gasteiger partial charge in [0.15, 0.2) is 0 Å². The van der Waals surface area contributed by atoms with Crippen molar-refractivity contribution in [3.05, 3.63) is 40.3 Å².